The Bertz CT molecular complexity index is 270. The predicted octanol–water partition coefficient (Wildman–Crippen LogP) is 2.75. The van der Waals surface area contributed by atoms with Crippen LogP contribution in [0.2, 0.25) is 0 Å². The number of ether oxygens (including phenoxy) is 2. The van der Waals surface area contributed by atoms with Gasteiger partial charge in [0.1, 0.15) is 0 Å². The number of aryl methyl sites for hydroxylation is 1. The summed E-state index contributed by atoms with van der Waals surface area (Å²) in [6.07, 6.45) is 1.12. The minimum atomic E-state index is 0.188. The second-order valence-corrected chi connectivity index (χ2v) is 3.17. The van der Waals surface area contributed by atoms with Crippen LogP contribution >= 0.6 is 0 Å². The van der Waals surface area contributed by atoms with Crippen LogP contribution in [0.15, 0.2) is 18.2 Å². The lowest BCUT2D eigenvalue weighted by atomic mass is 10.2. The van der Waals surface area contributed by atoms with Crippen LogP contribution in [0, 0.1) is 6.92 Å². The molecule has 1 aromatic carbocycles. The highest BCUT2D eigenvalue weighted by Gasteiger charge is 1.97. The molecule has 0 aliphatic rings. The largest absolute Gasteiger partial charge is 0.504 e. The van der Waals surface area contributed by atoms with Crippen LogP contribution in [-0.4, -0.2) is 25.9 Å². The van der Waals surface area contributed by atoms with E-state index in [4.69, 9.17) is 14.6 Å². The second kappa shape index (κ2) is 8.12. The number of benzene rings is 1. The van der Waals surface area contributed by atoms with Crippen LogP contribution in [0.3, 0.4) is 0 Å². The van der Waals surface area contributed by atoms with Gasteiger partial charge in [-0.25, -0.2) is 0 Å². The summed E-state index contributed by atoms with van der Waals surface area (Å²) in [6.45, 7) is 4.92. The van der Waals surface area contributed by atoms with Crippen LogP contribution in [0.1, 0.15) is 18.9 Å². The molecule has 0 aliphatic carbocycles. The van der Waals surface area contributed by atoms with Crippen LogP contribution in [-0.2, 0) is 4.74 Å². The molecule has 0 amide bonds. The zero-order valence-electron chi connectivity index (χ0n) is 9.91. The summed E-state index contributed by atoms with van der Waals surface area (Å²) in [5.74, 6) is 0.716. The lowest BCUT2D eigenvalue weighted by molar-refractivity contribution is 0.199. The van der Waals surface area contributed by atoms with E-state index in [2.05, 4.69) is 6.92 Å². The molecule has 1 aromatic rings. The Morgan fingerprint density at radius 2 is 1.93 bits per heavy atom. The van der Waals surface area contributed by atoms with E-state index in [0.717, 1.165) is 18.6 Å². The molecular formula is C12H20O3. The number of hydrogen-bond donors (Lipinski definition) is 1. The molecule has 86 valence electrons. The predicted molar refractivity (Wildman–Crippen MR) is 61.6 cm³/mol. The Hall–Kier alpha value is -1.22. The third-order valence-corrected chi connectivity index (χ3v) is 1.74. The van der Waals surface area contributed by atoms with Crippen LogP contribution in [0.5, 0.6) is 11.5 Å². The Labute approximate surface area is 91.6 Å². The number of rotatable bonds is 3. The fraction of sp³-hybridized carbons (Fsp3) is 0.500. The number of aromatic hydroxyl groups is 1. The quantitative estimate of drug-likeness (QED) is 0.837. The molecule has 0 saturated heterocycles. The lowest BCUT2D eigenvalue weighted by Gasteiger charge is -2.02. The average molecular weight is 212 g/mol. The number of phenolic OH excluding ortho intramolecular Hbond substituents is 1. The van der Waals surface area contributed by atoms with Crippen LogP contribution < -0.4 is 4.74 Å². The summed E-state index contributed by atoms with van der Waals surface area (Å²) < 4.78 is 9.57. The molecule has 0 bridgehead atoms. The molecule has 1 N–H and O–H groups in total. The van der Waals surface area contributed by atoms with Crippen molar-refractivity contribution < 1.29 is 14.6 Å². The van der Waals surface area contributed by atoms with Crippen molar-refractivity contribution in [2.75, 3.05) is 20.8 Å². The molecule has 0 radical (unpaired) electrons. The van der Waals surface area contributed by atoms with E-state index in [1.165, 1.54) is 7.11 Å². The first-order chi connectivity index (χ1) is 7.15. The van der Waals surface area contributed by atoms with E-state index < -0.39 is 0 Å². The minimum absolute atomic E-state index is 0.188. The van der Waals surface area contributed by atoms with Gasteiger partial charge in [0.25, 0.3) is 0 Å². The van der Waals surface area contributed by atoms with Gasteiger partial charge < -0.3 is 14.6 Å². The fourth-order valence-corrected chi connectivity index (χ4v) is 0.989. The van der Waals surface area contributed by atoms with Gasteiger partial charge in [-0.2, -0.15) is 0 Å². The van der Waals surface area contributed by atoms with Crippen molar-refractivity contribution in [3.63, 3.8) is 0 Å². The summed E-state index contributed by atoms with van der Waals surface area (Å²) in [7, 11) is 3.25. The first kappa shape index (κ1) is 13.8. The smallest absolute Gasteiger partial charge is 0.160 e. The highest BCUT2D eigenvalue weighted by molar-refractivity contribution is 5.41. The van der Waals surface area contributed by atoms with E-state index in [1.807, 2.05) is 13.0 Å². The van der Waals surface area contributed by atoms with Crippen molar-refractivity contribution in [2.24, 2.45) is 0 Å². The highest BCUT2D eigenvalue weighted by atomic mass is 16.5. The summed E-state index contributed by atoms with van der Waals surface area (Å²) >= 11 is 0. The van der Waals surface area contributed by atoms with Gasteiger partial charge in [-0.1, -0.05) is 13.0 Å². The van der Waals surface area contributed by atoms with Gasteiger partial charge in [0.15, 0.2) is 11.5 Å². The lowest BCUT2D eigenvalue weighted by Crippen LogP contribution is -1.83. The first-order valence-electron chi connectivity index (χ1n) is 4.98. The van der Waals surface area contributed by atoms with Crippen molar-refractivity contribution in [1.29, 1.82) is 0 Å². The van der Waals surface area contributed by atoms with Crippen LogP contribution in [0.4, 0.5) is 0 Å². The monoisotopic (exact) mass is 212 g/mol. The molecule has 15 heavy (non-hydrogen) atoms. The van der Waals surface area contributed by atoms with Crippen molar-refractivity contribution in [3.05, 3.63) is 23.8 Å². The average Bonchev–Trinajstić information content (AvgIpc) is 2.24. The molecule has 0 aromatic heterocycles. The van der Waals surface area contributed by atoms with E-state index >= 15 is 0 Å². The Balaban J connectivity index is 0.000000336. The molecule has 3 nitrogen and oxygen atoms in total. The highest BCUT2D eigenvalue weighted by Crippen LogP contribution is 2.25. The molecular weight excluding hydrogens is 192 g/mol. The molecule has 0 aliphatic heterocycles. The standard InChI is InChI=1S/C8H10O2.C4H10O/c1-6-3-4-7(9)8(5-6)10-2;1-3-4-5-2/h3-5,9H,1-2H3;3-4H2,1-2H3. The van der Waals surface area contributed by atoms with Crippen molar-refractivity contribution in [1.82, 2.24) is 0 Å². The Kier molecular flexibility index (Phi) is 7.46. The third kappa shape index (κ3) is 5.96. The second-order valence-electron chi connectivity index (χ2n) is 3.17. The first-order valence-corrected chi connectivity index (χ1v) is 4.98. The van der Waals surface area contributed by atoms with Gasteiger partial charge in [0.05, 0.1) is 7.11 Å². The SMILES string of the molecule is CCCOC.COc1cc(C)ccc1O. The molecule has 0 saturated carbocycles. The number of methoxy groups -OCH3 is 2. The summed E-state index contributed by atoms with van der Waals surface area (Å²) in [5.41, 5.74) is 1.08. The van der Waals surface area contributed by atoms with Crippen LogP contribution in [0.25, 0.3) is 0 Å². The minimum Gasteiger partial charge on any atom is -0.504 e. The Morgan fingerprint density at radius 3 is 2.27 bits per heavy atom. The molecule has 0 heterocycles. The maximum absolute atomic E-state index is 9.11. The zero-order chi connectivity index (χ0) is 11.7. The molecule has 0 spiro atoms. The summed E-state index contributed by atoms with van der Waals surface area (Å²) in [5, 5.41) is 9.11. The van der Waals surface area contributed by atoms with E-state index in [0.29, 0.717) is 5.75 Å². The normalized spacial score (nSPS) is 9.07. The molecule has 0 unspecified atom stereocenters. The van der Waals surface area contributed by atoms with Crippen molar-refractivity contribution >= 4 is 0 Å². The zero-order valence-corrected chi connectivity index (χ0v) is 9.91. The molecule has 1 rings (SSSR count). The molecule has 0 atom stereocenters. The molecule has 0 fully saturated rings. The van der Waals surface area contributed by atoms with Gasteiger partial charge in [0.2, 0.25) is 0 Å². The summed E-state index contributed by atoms with van der Waals surface area (Å²) in [4.78, 5) is 0. The van der Waals surface area contributed by atoms with E-state index in [9.17, 15) is 0 Å². The number of phenols is 1. The third-order valence-electron chi connectivity index (χ3n) is 1.74. The van der Waals surface area contributed by atoms with E-state index in [1.54, 1.807) is 19.2 Å². The maximum Gasteiger partial charge on any atom is 0.160 e. The van der Waals surface area contributed by atoms with Gasteiger partial charge in [-0.3, -0.25) is 0 Å². The topological polar surface area (TPSA) is 38.7 Å². The van der Waals surface area contributed by atoms with Gasteiger partial charge >= 0.3 is 0 Å². The van der Waals surface area contributed by atoms with Gasteiger partial charge in [-0.05, 0) is 31.0 Å². The Morgan fingerprint density at radius 1 is 1.27 bits per heavy atom. The van der Waals surface area contributed by atoms with Gasteiger partial charge in [-0.15, -0.1) is 0 Å². The van der Waals surface area contributed by atoms with E-state index in [-0.39, 0.29) is 5.75 Å². The fourth-order valence-electron chi connectivity index (χ4n) is 0.989. The molecule has 3 heteroatoms. The van der Waals surface area contributed by atoms with Crippen molar-refractivity contribution in [2.45, 2.75) is 20.3 Å². The summed E-state index contributed by atoms with van der Waals surface area (Å²) in [6, 6.07) is 5.24. The van der Waals surface area contributed by atoms with Gasteiger partial charge in [0, 0.05) is 13.7 Å². The maximum atomic E-state index is 9.11. The van der Waals surface area contributed by atoms with Crippen molar-refractivity contribution in [3.8, 4) is 11.5 Å². The number of hydrogen-bond acceptors (Lipinski definition) is 3.